The Morgan fingerprint density at radius 1 is 1.20 bits per heavy atom. The number of hydrogen-bond donors (Lipinski definition) is 1. The van der Waals surface area contributed by atoms with E-state index in [9.17, 15) is 9.59 Å². The molecule has 0 spiro atoms. The first-order valence-electron chi connectivity index (χ1n) is 7.19. The van der Waals surface area contributed by atoms with Gasteiger partial charge in [-0.05, 0) is 6.54 Å². The van der Waals surface area contributed by atoms with Crippen LogP contribution in [0.15, 0.2) is 0 Å². The van der Waals surface area contributed by atoms with Crippen molar-refractivity contribution < 1.29 is 19.4 Å². The summed E-state index contributed by atoms with van der Waals surface area (Å²) < 4.78 is 5.30. The first kappa shape index (κ1) is 15.1. The monoisotopic (exact) mass is 285 g/mol. The molecule has 0 aromatic carbocycles. The van der Waals surface area contributed by atoms with E-state index in [4.69, 9.17) is 9.84 Å². The van der Waals surface area contributed by atoms with Crippen LogP contribution in [0, 0.1) is 0 Å². The number of rotatable bonds is 3. The van der Waals surface area contributed by atoms with Crippen molar-refractivity contribution in [1.82, 2.24) is 14.7 Å². The molecular weight excluding hydrogens is 262 g/mol. The van der Waals surface area contributed by atoms with E-state index in [1.807, 2.05) is 4.90 Å². The third kappa shape index (κ3) is 3.61. The number of hydrogen-bond acceptors (Lipinski definition) is 4. The van der Waals surface area contributed by atoms with Gasteiger partial charge in [-0.1, -0.05) is 6.92 Å². The summed E-state index contributed by atoms with van der Waals surface area (Å²) in [5, 5.41) is 8.93. The Bertz CT molecular complexity index is 356. The number of urea groups is 1. The van der Waals surface area contributed by atoms with E-state index in [2.05, 4.69) is 11.8 Å². The highest BCUT2D eigenvalue weighted by Gasteiger charge is 2.32. The van der Waals surface area contributed by atoms with Gasteiger partial charge < -0.3 is 24.5 Å². The number of carboxylic acids is 1. The average Bonchev–Trinajstić information content (AvgIpc) is 2.46. The van der Waals surface area contributed by atoms with Gasteiger partial charge in [0.15, 0.2) is 0 Å². The molecular formula is C13H23N3O4. The Morgan fingerprint density at radius 2 is 1.90 bits per heavy atom. The average molecular weight is 285 g/mol. The van der Waals surface area contributed by atoms with Crippen LogP contribution in [0.4, 0.5) is 4.79 Å². The number of amides is 2. The van der Waals surface area contributed by atoms with Crippen LogP contribution in [0.1, 0.15) is 13.3 Å². The largest absolute Gasteiger partial charge is 0.481 e. The molecule has 2 saturated heterocycles. The zero-order valence-corrected chi connectivity index (χ0v) is 12.0. The third-order valence-electron chi connectivity index (χ3n) is 3.97. The predicted octanol–water partition coefficient (Wildman–Crippen LogP) is -0.0806. The van der Waals surface area contributed by atoms with Crippen LogP contribution >= 0.6 is 0 Å². The van der Waals surface area contributed by atoms with E-state index in [0.717, 1.165) is 19.6 Å². The van der Waals surface area contributed by atoms with Crippen LogP contribution in [-0.4, -0.2) is 90.3 Å². The van der Waals surface area contributed by atoms with Gasteiger partial charge in [0.1, 0.15) is 0 Å². The van der Waals surface area contributed by atoms with Gasteiger partial charge in [0.05, 0.1) is 25.7 Å². The number of nitrogens with zero attached hydrogens (tertiary/aromatic N) is 3. The molecule has 7 heteroatoms. The summed E-state index contributed by atoms with van der Waals surface area (Å²) in [6.45, 7) is 7.58. The van der Waals surface area contributed by atoms with Crippen molar-refractivity contribution in [3.63, 3.8) is 0 Å². The molecule has 1 unspecified atom stereocenters. The maximum atomic E-state index is 12.5. The molecule has 2 rings (SSSR count). The maximum Gasteiger partial charge on any atom is 0.320 e. The summed E-state index contributed by atoms with van der Waals surface area (Å²) in [6.07, 6.45) is -0.0549. The molecule has 0 radical (unpaired) electrons. The molecule has 7 nitrogen and oxygen atoms in total. The fourth-order valence-corrected chi connectivity index (χ4v) is 2.71. The van der Waals surface area contributed by atoms with Gasteiger partial charge in [-0.2, -0.15) is 0 Å². The van der Waals surface area contributed by atoms with E-state index >= 15 is 0 Å². The Labute approximate surface area is 119 Å². The summed E-state index contributed by atoms with van der Waals surface area (Å²) in [7, 11) is 0. The van der Waals surface area contributed by atoms with Crippen molar-refractivity contribution in [3.05, 3.63) is 0 Å². The van der Waals surface area contributed by atoms with Crippen LogP contribution in [0.5, 0.6) is 0 Å². The zero-order chi connectivity index (χ0) is 14.5. The van der Waals surface area contributed by atoms with Gasteiger partial charge in [-0.25, -0.2) is 4.79 Å². The molecule has 1 N–H and O–H groups in total. The lowest BCUT2D eigenvalue weighted by molar-refractivity contribution is -0.139. The van der Waals surface area contributed by atoms with E-state index in [1.54, 1.807) is 4.90 Å². The Morgan fingerprint density at radius 3 is 2.50 bits per heavy atom. The Kier molecular flexibility index (Phi) is 5.19. The summed E-state index contributed by atoms with van der Waals surface area (Å²) in [5.74, 6) is -0.894. The molecule has 2 aliphatic rings. The number of carbonyl (C=O) groups excluding carboxylic acids is 1. The topological polar surface area (TPSA) is 73.3 Å². The standard InChI is InChI=1S/C13H23N3O4/c1-2-14-3-5-15(6-4-14)13(19)16-7-8-20-10-11(16)9-12(17)18/h11H,2-10H2,1H3,(H,17,18). The Hall–Kier alpha value is -1.34. The molecule has 2 aliphatic heterocycles. The lowest BCUT2D eigenvalue weighted by atomic mass is 10.1. The van der Waals surface area contributed by atoms with Crippen LogP contribution in [0.3, 0.4) is 0 Å². The number of piperazine rings is 1. The highest BCUT2D eigenvalue weighted by molar-refractivity contribution is 5.76. The second-order valence-corrected chi connectivity index (χ2v) is 5.22. The molecule has 2 fully saturated rings. The minimum atomic E-state index is -0.894. The first-order chi connectivity index (χ1) is 9.61. The minimum Gasteiger partial charge on any atom is -0.481 e. The van der Waals surface area contributed by atoms with Gasteiger partial charge in [-0.15, -0.1) is 0 Å². The molecule has 114 valence electrons. The van der Waals surface area contributed by atoms with Crippen LogP contribution < -0.4 is 0 Å². The molecule has 1 atom stereocenters. The summed E-state index contributed by atoms with van der Waals surface area (Å²) in [6, 6.07) is -0.395. The molecule has 0 aromatic heterocycles. The number of carbonyl (C=O) groups is 2. The molecule has 2 heterocycles. The predicted molar refractivity (Wildman–Crippen MR) is 72.6 cm³/mol. The SMILES string of the molecule is CCN1CCN(C(=O)N2CCOCC2CC(=O)O)CC1. The number of morpholine rings is 1. The normalized spacial score (nSPS) is 24.8. The number of ether oxygens (including phenoxy) is 1. The van der Waals surface area contributed by atoms with Crippen molar-refractivity contribution in [2.45, 2.75) is 19.4 Å². The summed E-state index contributed by atoms with van der Waals surface area (Å²) in [5.41, 5.74) is 0. The highest BCUT2D eigenvalue weighted by Crippen LogP contribution is 2.15. The van der Waals surface area contributed by atoms with E-state index in [1.165, 1.54) is 0 Å². The molecule has 2 amide bonds. The van der Waals surface area contributed by atoms with Gasteiger partial charge in [-0.3, -0.25) is 4.79 Å². The highest BCUT2D eigenvalue weighted by atomic mass is 16.5. The quantitative estimate of drug-likeness (QED) is 0.785. The number of aliphatic carboxylic acids is 1. The third-order valence-corrected chi connectivity index (χ3v) is 3.97. The molecule has 0 aliphatic carbocycles. The van der Waals surface area contributed by atoms with Crippen LogP contribution in [-0.2, 0) is 9.53 Å². The first-order valence-corrected chi connectivity index (χ1v) is 7.19. The van der Waals surface area contributed by atoms with Crippen LogP contribution in [0.25, 0.3) is 0 Å². The smallest absolute Gasteiger partial charge is 0.320 e. The molecule has 0 bridgehead atoms. The summed E-state index contributed by atoms with van der Waals surface area (Å²) >= 11 is 0. The zero-order valence-electron chi connectivity index (χ0n) is 12.0. The van der Waals surface area contributed by atoms with E-state index < -0.39 is 5.97 Å². The Balaban J connectivity index is 1.94. The second kappa shape index (κ2) is 6.90. The molecule has 0 aromatic rings. The van der Waals surface area contributed by atoms with Crippen molar-refractivity contribution in [3.8, 4) is 0 Å². The lowest BCUT2D eigenvalue weighted by Crippen LogP contribution is -2.58. The fraction of sp³-hybridized carbons (Fsp3) is 0.846. The van der Waals surface area contributed by atoms with E-state index in [0.29, 0.717) is 32.8 Å². The van der Waals surface area contributed by atoms with Gasteiger partial charge >= 0.3 is 12.0 Å². The number of carboxylic acid groups (broad SMARTS) is 1. The van der Waals surface area contributed by atoms with Gasteiger partial charge in [0.2, 0.25) is 0 Å². The van der Waals surface area contributed by atoms with Gasteiger partial charge in [0.25, 0.3) is 0 Å². The lowest BCUT2D eigenvalue weighted by Gasteiger charge is -2.41. The maximum absolute atomic E-state index is 12.5. The van der Waals surface area contributed by atoms with Crippen LogP contribution in [0.2, 0.25) is 0 Å². The fourth-order valence-electron chi connectivity index (χ4n) is 2.71. The molecule has 20 heavy (non-hydrogen) atoms. The van der Waals surface area contributed by atoms with Crippen molar-refractivity contribution in [2.24, 2.45) is 0 Å². The summed E-state index contributed by atoms with van der Waals surface area (Å²) in [4.78, 5) is 29.2. The number of likely N-dealkylation sites (N-methyl/N-ethyl adjacent to an activating group) is 1. The van der Waals surface area contributed by atoms with Gasteiger partial charge in [0, 0.05) is 32.7 Å². The van der Waals surface area contributed by atoms with Crippen molar-refractivity contribution >= 4 is 12.0 Å². The second-order valence-electron chi connectivity index (χ2n) is 5.22. The van der Waals surface area contributed by atoms with Crippen molar-refractivity contribution in [1.29, 1.82) is 0 Å². The van der Waals surface area contributed by atoms with E-state index in [-0.39, 0.29) is 18.5 Å². The van der Waals surface area contributed by atoms with Crippen molar-refractivity contribution in [2.75, 3.05) is 52.5 Å². The molecule has 0 saturated carbocycles. The minimum absolute atomic E-state index is 0.0460.